The summed E-state index contributed by atoms with van der Waals surface area (Å²) in [6.45, 7) is 6.90. The van der Waals surface area contributed by atoms with Gasteiger partial charge in [0, 0.05) is 13.7 Å². The number of pyridine rings is 1. The molecule has 3 aromatic rings. The van der Waals surface area contributed by atoms with Crippen molar-refractivity contribution in [2.75, 3.05) is 32.1 Å². The molecule has 3 aromatic heterocycles. The van der Waals surface area contributed by atoms with Gasteiger partial charge in [0.05, 0.1) is 36.6 Å². The highest BCUT2D eigenvalue weighted by Gasteiger charge is 2.17. The van der Waals surface area contributed by atoms with E-state index in [0.29, 0.717) is 42.4 Å². The third kappa shape index (κ3) is 4.48. The van der Waals surface area contributed by atoms with Crippen molar-refractivity contribution < 1.29 is 14.1 Å². The highest BCUT2D eigenvalue weighted by molar-refractivity contribution is 5.81. The molecule has 0 saturated carbocycles. The smallest absolute Gasteiger partial charge is 0.295 e. The first-order valence-electron chi connectivity index (χ1n) is 9.83. The molecule has 3 rings (SSSR count). The summed E-state index contributed by atoms with van der Waals surface area (Å²) in [6, 6.07) is 3.60. The maximum absolute atomic E-state index is 13.1. The number of rotatable bonds is 9. The molecule has 30 heavy (non-hydrogen) atoms. The number of nitrogens with zero attached hydrogens (tertiary/aromatic N) is 4. The molecule has 10 heteroatoms. The van der Waals surface area contributed by atoms with E-state index in [1.54, 1.807) is 6.07 Å². The van der Waals surface area contributed by atoms with Crippen LogP contribution in [0.5, 0.6) is 0 Å². The van der Waals surface area contributed by atoms with Gasteiger partial charge in [-0.15, -0.1) is 0 Å². The van der Waals surface area contributed by atoms with Gasteiger partial charge in [0.15, 0.2) is 11.5 Å². The van der Waals surface area contributed by atoms with E-state index in [2.05, 4.69) is 25.8 Å². The van der Waals surface area contributed by atoms with Gasteiger partial charge in [0.25, 0.3) is 5.56 Å². The van der Waals surface area contributed by atoms with E-state index >= 15 is 0 Å². The van der Waals surface area contributed by atoms with E-state index in [4.69, 9.17) is 9.26 Å². The predicted molar refractivity (Wildman–Crippen MR) is 112 cm³/mol. The van der Waals surface area contributed by atoms with Crippen molar-refractivity contribution in [1.29, 1.82) is 0 Å². The quantitative estimate of drug-likeness (QED) is 0.507. The Morgan fingerprint density at radius 1 is 1.23 bits per heavy atom. The lowest BCUT2D eigenvalue weighted by Crippen LogP contribution is -2.32. The summed E-state index contributed by atoms with van der Waals surface area (Å²) in [5, 5.41) is 9.29. The molecule has 0 radical (unpaired) electrons. The summed E-state index contributed by atoms with van der Waals surface area (Å²) in [5.41, 5.74) is 2.75. The lowest BCUT2D eigenvalue weighted by atomic mass is 10.1. The number of carbonyl (C=O) groups excluding carboxylic acids is 1. The van der Waals surface area contributed by atoms with Crippen molar-refractivity contribution in [2.45, 2.75) is 33.7 Å². The monoisotopic (exact) mass is 414 g/mol. The molecule has 0 aliphatic rings. The fourth-order valence-corrected chi connectivity index (χ4v) is 3.08. The van der Waals surface area contributed by atoms with E-state index in [-0.39, 0.29) is 23.8 Å². The second kappa shape index (κ2) is 9.49. The summed E-state index contributed by atoms with van der Waals surface area (Å²) < 4.78 is 12.3. The Balaban J connectivity index is 2.07. The van der Waals surface area contributed by atoms with Crippen molar-refractivity contribution >= 4 is 22.9 Å². The Hall–Kier alpha value is -3.27. The van der Waals surface area contributed by atoms with Gasteiger partial charge in [-0.25, -0.2) is 9.97 Å². The number of likely N-dealkylation sites (N-methyl/N-ethyl adjacent to an activating group) is 1. The van der Waals surface area contributed by atoms with E-state index in [1.807, 2.05) is 26.8 Å². The number of carbonyl (C=O) groups is 1. The molecule has 0 aromatic carbocycles. The Morgan fingerprint density at radius 3 is 2.70 bits per heavy atom. The first-order chi connectivity index (χ1) is 14.5. The number of hydrogen-bond acceptors (Lipinski definition) is 8. The maximum atomic E-state index is 13.1. The van der Waals surface area contributed by atoms with Gasteiger partial charge in [0.2, 0.25) is 5.91 Å². The molecule has 10 nitrogen and oxygen atoms in total. The van der Waals surface area contributed by atoms with E-state index < -0.39 is 0 Å². The zero-order chi connectivity index (χ0) is 21.7. The van der Waals surface area contributed by atoms with Crippen LogP contribution in [-0.2, 0) is 16.1 Å². The van der Waals surface area contributed by atoms with Crippen LogP contribution in [0.1, 0.15) is 24.8 Å². The Bertz CT molecular complexity index is 1090. The highest BCUT2D eigenvalue weighted by atomic mass is 16.5. The van der Waals surface area contributed by atoms with Crippen LogP contribution in [0, 0.1) is 13.8 Å². The van der Waals surface area contributed by atoms with Gasteiger partial charge in [-0.2, -0.15) is 0 Å². The van der Waals surface area contributed by atoms with Crippen molar-refractivity contribution in [2.24, 2.45) is 0 Å². The van der Waals surface area contributed by atoms with Gasteiger partial charge in [-0.3, -0.25) is 14.2 Å². The van der Waals surface area contributed by atoms with Crippen LogP contribution >= 0.6 is 0 Å². The standard InChI is InChI=1S/C20H26N6O4/c1-5-9-29-10-8-26-19-15(23-18(20(26)28)22-11-16(27)21-4)7-6-14(24-19)17-12(2)25-30-13(17)3/h6-7H,5,8-11H2,1-4H3,(H,21,27)(H,22,23). The maximum Gasteiger partial charge on any atom is 0.295 e. The summed E-state index contributed by atoms with van der Waals surface area (Å²) in [7, 11) is 1.53. The number of aromatic nitrogens is 4. The van der Waals surface area contributed by atoms with E-state index in [1.165, 1.54) is 11.6 Å². The van der Waals surface area contributed by atoms with Crippen molar-refractivity contribution in [3.05, 3.63) is 33.9 Å². The topological polar surface area (TPSA) is 124 Å². The molecule has 0 spiro atoms. The van der Waals surface area contributed by atoms with Crippen LogP contribution in [0.4, 0.5) is 5.82 Å². The Kier molecular flexibility index (Phi) is 6.78. The molecule has 3 heterocycles. The fraction of sp³-hybridized carbons (Fsp3) is 0.450. The SMILES string of the molecule is CCCOCCn1c(=O)c(NCC(=O)NC)nc2ccc(-c3c(C)noc3C)nc21. The minimum atomic E-state index is -0.366. The minimum Gasteiger partial charge on any atom is -0.380 e. The summed E-state index contributed by atoms with van der Waals surface area (Å²) in [4.78, 5) is 33.7. The molecule has 160 valence electrons. The van der Waals surface area contributed by atoms with Gasteiger partial charge < -0.3 is 19.9 Å². The number of hydrogen-bond donors (Lipinski definition) is 2. The molecule has 0 fully saturated rings. The van der Waals surface area contributed by atoms with Gasteiger partial charge in [0.1, 0.15) is 11.3 Å². The predicted octanol–water partition coefficient (Wildman–Crippen LogP) is 1.65. The number of fused-ring (bicyclic) bond motifs is 1. The summed E-state index contributed by atoms with van der Waals surface area (Å²) in [6.07, 6.45) is 0.888. The van der Waals surface area contributed by atoms with E-state index in [9.17, 15) is 9.59 Å². The number of anilines is 1. The fourth-order valence-electron chi connectivity index (χ4n) is 3.08. The van der Waals surface area contributed by atoms with Crippen molar-refractivity contribution in [3.63, 3.8) is 0 Å². The first kappa shape index (κ1) is 21.4. The second-order valence-corrected chi connectivity index (χ2v) is 6.79. The van der Waals surface area contributed by atoms with Crippen LogP contribution in [0.15, 0.2) is 21.5 Å². The lowest BCUT2D eigenvalue weighted by molar-refractivity contribution is -0.118. The third-order valence-corrected chi connectivity index (χ3v) is 4.58. The number of ether oxygens (including phenoxy) is 1. The molecule has 0 bridgehead atoms. The molecular weight excluding hydrogens is 388 g/mol. The average molecular weight is 414 g/mol. The molecule has 0 unspecified atom stereocenters. The Labute approximate surface area is 173 Å². The normalized spacial score (nSPS) is 11.1. The molecule has 0 saturated heterocycles. The zero-order valence-electron chi connectivity index (χ0n) is 17.6. The van der Waals surface area contributed by atoms with Crippen molar-refractivity contribution in [3.8, 4) is 11.3 Å². The number of aryl methyl sites for hydroxylation is 2. The third-order valence-electron chi connectivity index (χ3n) is 4.58. The average Bonchev–Trinajstić information content (AvgIpc) is 3.08. The van der Waals surface area contributed by atoms with Crippen LogP contribution in [0.2, 0.25) is 0 Å². The summed E-state index contributed by atoms with van der Waals surface area (Å²) in [5.74, 6) is 0.492. The molecule has 0 aliphatic heterocycles. The van der Waals surface area contributed by atoms with Gasteiger partial charge in [-0.05, 0) is 32.4 Å². The van der Waals surface area contributed by atoms with Crippen molar-refractivity contribution in [1.82, 2.24) is 25.0 Å². The second-order valence-electron chi connectivity index (χ2n) is 6.79. The first-order valence-corrected chi connectivity index (χ1v) is 9.83. The van der Waals surface area contributed by atoms with Crippen LogP contribution in [0.3, 0.4) is 0 Å². The molecule has 1 amide bonds. The lowest BCUT2D eigenvalue weighted by Gasteiger charge is -2.13. The van der Waals surface area contributed by atoms with Crippen LogP contribution in [0.25, 0.3) is 22.4 Å². The molecule has 2 N–H and O–H groups in total. The van der Waals surface area contributed by atoms with Gasteiger partial charge >= 0.3 is 0 Å². The number of amides is 1. The summed E-state index contributed by atoms with van der Waals surface area (Å²) >= 11 is 0. The minimum absolute atomic E-state index is 0.0544. The highest BCUT2D eigenvalue weighted by Crippen LogP contribution is 2.26. The Morgan fingerprint density at radius 2 is 2.03 bits per heavy atom. The van der Waals surface area contributed by atoms with E-state index in [0.717, 1.165) is 17.7 Å². The molecular formula is C20H26N6O4. The van der Waals surface area contributed by atoms with Gasteiger partial charge in [-0.1, -0.05) is 12.1 Å². The largest absolute Gasteiger partial charge is 0.380 e. The van der Waals surface area contributed by atoms with Crippen LogP contribution in [-0.4, -0.2) is 52.4 Å². The molecule has 0 aliphatic carbocycles. The number of nitrogens with one attached hydrogen (secondary N) is 2. The van der Waals surface area contributed by atoms with Crippen LogP contribution < -0.4 is 16.2 Å². The molecule has 0 atom stereocenters. The zero-order valence-corrected chi connectivity index (χ0v) is 17.6.